The van der Waals surface area contributed by atoms with Crippen LogP contribution in [-0.2, 0) is 0 Å². The molecule has 0 aliphatic rings. The maximum atomic E-state index is 9.65. The van der Waals surface area contributed by atoms with E-state index in [0.717, 1.165) is 13.0 Å². The Balaban J connectivity index is 3.74. The summed E-state index contributed by atoms with van der Waals surface area (Å²) in [5.41, 5.74) is 0. The number of rotatable bonds is 15. The Hall–Kier alpha value is 0.460. The third-order valence-corrected chi connectivity index (χ3v) is 4.33. The van der Waals surface area contributed by atoms with Gasteiger partial charge in [-0.3, -0.25) is 4.90 Å². The van der Waals surface area contributed by atoms with E-state index in [4.69, 9.17) is 23.2 Å². The fourth-order valence-corrected chi connectivity index (χ4v) is 2.62. The van der Waals surface area contributed by atoms with Gasteiger partial charge in [-0.05, 0) is 13.0 Å². The van der Waals surface area contributed by atoms with Crippen LogP contribution < -0.4 is 0 Å². The Morgan fingerprint density at radius 3 is 1.62 bits per heavy atom. The maximum absolute atomic E-state index is 9.65. The van der Waals surface area contributed by atoms with Gasteiger partial charge in [0.1, 0.15) is 0 Å². The van der Waals surface area contributed by atoms with Crippen molar-refractivity contribution in [1.29, 1.82) is 0 Å². The van der Waals surface area contributed by atoms with Crippen molar-refractivity contribution in [1.82, 2.24) is 4.90 Å². The fraction of sp³-hybridized carbons (Fsp3) is 1.00. The first-order valence-corrected chi connectivity index (χ1v) is 9.41. The Morgan fingerprint density at radius 1 is 0.762 bits per heavy atom. The summed E-state index contributed by atoms with van der Waals surface area (Å²) < 4.78 is 0. The zero-order valence-corrected chi connectivity index (χ0v) is 15.0. The molecule has 0 aliphatic heterocycles. The highest BCUT2D eigenvalue weighted by molar-refractivity contribution is 6.18. The SMILES string of the molecule is CCCCCCCCCCN(CC(O)CCl)CC(O)CCl. The normalized spacial score (nSPS) is 14.6. The van der Waals surface area contributed by atoms with E-state index in [1.807, 2.05) is 0 Å². The van der Waals surface area contributed by atoms with Crippen LogP contribution in [0, 0.1) is 0 Å². The number of halogens is 2. The lowest BCUT2D eigenvalue weighted by Gasteiger charge is -2.26. The van der Waals surface area contributed by atoms with Crippen molar-refractivity contribution in [2.75, 3.05) is 31.4 Å². The monoisotopic (exact) mass is 341 g/mol. The van der Waals surface area contributed by atoms with Crippen molar-refractivity contribution in [3.8, 4) is 0 Å². The van der Waals surface area contributed by atoms with Crippen LogP contribution in [0.3, 0.4) is 0 Å². The minimum atomic E-state index is -0.539. The van der Waals surface area contributed by atoms with Gasteiger partial charge in [0.25, 0.3) is 0 Å². The summed E-state index contributed by atoms with van der Waals surface area (Å²) >= 11 is 11.3. The Kier molecular flexibility index (Phi) is 15.7. The topological polar surface area (TPSA) is 43.7 Å². The molecule has 0 fully saturated rings. The Labute approximate surface area is 140 Å². The predicted octanol–water partition coefficient (Wildman–Crippen LogP) is 3.63. The van der Waals surface area contributed by atoms with Gasteiger partial charge in [0, 0.05) is 24.8 Å². The average molecular weight is 342 g/mol. The van der Waals surface area contributed by atoms with Crippen molar-refractivity contribution in [3.63, 3.8) is 0 Å². The molecule has 2 N–H and O–H groups in total. The molecular formula is C16H33Cl2NO2. The Morgan fingerprint density at radius 2 is 1.19 bits per heavy atom. The first kappa shape index (κ1) is 21.5. The van der Waals surface area contributed by atoms with Gasteiger partial charge in [0.2, 0.25) is 0 Å². The van der Waals surface area contributed by atoms with Crippen LogP contribution in [0.2, 0.25) is 0 Å². The highest BCUT2D eigenvalue weighted by Crippen LogP contribution is 2.09. The van der Waals surface area contributed by atoms with Gasteiger partial charge >= 0.3 is 0 Å². The summed E-state index contributed by atoms with van der Waals surface area (Å²) in [4.78, 5) is 2.07. The number of nitrogens with zero attached hydrogens (tertiary/aromatic N) is 1. The zero-order valence-electron chi connectivity index (χ0n) is 13.4. The van der Waals surface area contributed by atoms with Crippen molar-refractivity contribution >= 4 is 23.2 Å². The van der Waals surface area contributed by atoms with E-state index in [1.54, 1.807) is 0 Å². The molecule has 2 atom stereocenters. The lowest BCUT2D eigenvalue weighted by molar-refractivity contribution is 0.0849. The molecule has 0 aliphatic carbocycles. The lowest BCUT2D eigenvalue weighted by Crippen LogP contribution is -2.39. The smallest absolute Gasteiger partial charge is 0.0802 e. The van der Waals surface area contributed by atoms with Crippen LogP contribution in [0.5, 0.6) is 0 Å². The van der Waals surface area contributed by atoms with Crippen LogP contribution in [0.1, 0.15) is 58.3 Å². The minimum Gasteiger partial charge on any atom is -0.391 e. The molecule has 0 spiro atoms. The standard InChI is InChI=1S/C16H33Cl2NO2/c1-2-3-4-5-6-7-8-9-10-19(13-15(20)11-17)14-16(21)12-18/h15-16,20-21H,2-14H2,1H3. The number of hydrogen-bond donors (Lipinski definition) is 2. The number of hydrogen-bond acceptors (Lipinski definition) is 3. The molecule has 0 bridgehead atoms. The fourth-order valence-electron chi connectivity index (χ4n) is 2.42. The number of unbranched alkanes of at least 4 members (excludes halogenated alkanes) is 7. The van der Waals surface area contributed by atoms with Gasteiger partial charge in [0.15, 0.2) is 0 Å². The number of alkyl halides is 2. The molecule has 0 aromatic carbocycles. The van der Waals surface area contributed by atoms with Crippen molar-refractivity contribution in [3.05, 3.63) is 0 Å². The minimum absolute atomic E-state index is 0.227. The molecular weight excluding hydrogens is 309 g/mol. The molecule has 0 amide bonds. The van der Waals surface area contributed by atoms with Crippen LogP contribution in [0.25, 0.3) is 0 Å². The van der Waals surface area contributed by atoms with Crippen molar-refractivity contribution in [2.24, 2.45) is 0 Å². The molecule has 0 radical (unpaired) electrons. The highest BCUT2D eigenvalue weighted by atomic mass is 35.5. The van der Waals surface area contributed by atoms with Gasteiger partial charge in [-0.1, -0.05) is 51.9 Å². The van der Waals surface area contributed by atoms with Crippen LogP contribution in [0.4, 0.5) is 0 Å². The third-order valence-electron chi connectivity index (χ3n) is 3.62. The highest BCUT2D eigenvalue weighted by Gasteiger charge is 2.14. The summed E-state index contributed by atoms with van der Waals surface area (Å²) in [6, 6.07) is 0. The molecule has 0 rings (SSSR count). The number of aliphatic hydroxyl groups is 2. The van der Waals surface area contributed by atoms with Crippen LogP contribution in [0.15, 0.2) is 0 Å². The van der Waals surface area contributed by atoms with Gasteiger partial charge in [-0.25, -0.2) is 0 Å². The van der Waals surface area contributed by atoms with E-state index in [-0.39, 0.29) is 11.8 Å². The van der Waals surface area contributed by atoms with Crippen LogP contribution in [-0.4, -0.2) is 58.7 Å². The van der Waals surface area contributed by atoms with E-state index in [1.165, 1.54) is 44.9 Å². The third kappa shape index (κ3) is 13.8. The number of aliphatic hydroxyl groups excluding tert-OH is 2. The van der Waals surface area contributed by atoms with E-state index < -0.39 is 12.2 Å². The van der Waals surface area contributed by atoms with Crippen molar-refractivity contribution in [2.45, 2.75) is 70.5 Å². The zero-order chi connectivity index (χ0) is 15.9. The second-order valence-corrected chi connectivity index (χ2v) is 6.47. The lowest BCUT2D eigenvalue weighted by atomic mass is 10.1. The summed E-state index contributed by atoms with van der Waals surface area (Å²) in [5, 5.41) is 19.3. The predicted molar refractivity (Wildman–Crippen MR) is 92.5 cm³/mol. The summed E-state index contributed by atoms with van der Waals surface area (Å²) in [6.45, 7) is 4.14. The molecule has 0 aromatic heterocycles. The van der Waals surface area contributed by atoms with Gasteiger partial charge in [-0.2, -0.15) is 0 Å². The van der Waals surface area contributed by atoms with E-state index in [2.05, 4.69) is 11.8 Å². The molecule has 5 heteroatoms. The molecule has 128 valence electrons. The quantitative estimate of drug-likeness (QED) is 0.353. The molecule has 21 heavy (non-hydrogen) atoms. The Bertz CT molecular complexity index is 208. The van der Waals surface area contributed by atoms with E-state index in [0.29, 0.717) is 13.1 Å². The largest absolute Gasteiger partial charge is 0.391 e. The molecule has 0 aromatic rings. The van der Waals surface area contributed by atoms with Gasteiger partial charge < -0.3 is 10.2 Å². The second kappa shape index (κ2) is 15.4. The molecule has 0 saturated carbocycles. The van der Waals surface area contributed by atoms with Crippen molar-refractivity contribution < 1.29 is 10.2 Å². The van der Waals surface area contributed by atoms with Gasteiger partial charge in [0.05, 0.1) is 12.2 Å². The second-order valence-electron chi connectivity index (χ2n) is 5.85. The van der Waals surface area contributed by atoms with E-state index >= 15 is 0 Å². The molecule has 3 nitrogen and oxygen atoms in total. The maximum Gasteiger partial charge on any atom is 0.0802 e. The summed E-state index contributed by atoms with van der Waals surface area (Å²) in [7, 11) is 0. The average Bonchev–Trinajstić information content (AvgIpc) is 2.49. The van der Waals surface area contributed by atoms with E-state index in [9.17, 15) is 10.2 Å². The summed E-state index contributed by atoms with van der Waals surface area (Å²) in [6.07, 6.45) is 9.14. The van der Waals surface area contributed by atoms with Gasteiger partial charge in [-0.15, -0.1) is 23.2 Å². The van der Waals surface area contributed by atoms with Crippen LogP contribution >= 0.6 is 23.2 Å². The molecule has 2 unspecified atom stereocenters. The first-order valence-electron chi connectivity index (χ1n) is 8.34. The summed E-state index contributed by atoms with van der Waals surface area (Å²) in [5.74, 6) is 0.454. The molecule has 0 saturated heterocycles. The molecule has 0 heterocycles. The first-order chi connectivity index (χ1) is 10.1.